The number of hydrogen-bond acceptors (Lipinski definition) is 8. The first-order valence-corrected chi connectivity index (χ1v) is 16.6. The van der Waals surface area contributed by atoms with E-state index in [0.29, 0.717) is 6.61 Å². The second kappa shape index (κ2) is 25.9. The van der Waals surface area contributed by atoms with Crippen molar-refractivity contribution in [2.24, 2.45) is 5.73 Å². The first kappa shape index (κ1) is 38.0. The van der Waals surface area contributed by atoms with Crippen molar-refractivity contribution in [2.45, 2.75) is 142 Å². The van der Waals surface area contributed by atoms with Crippen LogP contribution in [0.25, 0.3) is 0 Å². The van der Waals surface area contributed by atoms with Crippen molar-refractivity contribution in [2.75, 3.05) is 26.4 Å². The molecule has 0 heterocycles. The van der Waals surface area contributed by atoms with Crippen LogP contribution in [0.2, 0.25) is 0 Å². The zero-order chi connectivity index (χ0) is 29.2. The fourth-order valence-electron chi connectivity index (χ4n) is 3.95. The van der Waals surface area contributed by atoms with Crippen LogP contribution in [0.3, 0.4) is 0 Å². The molecule has 0 aromatic carbocycles. The van der Waals surface area contributed by atoms with Crippen LogP contribution in [0.5, 0.6) is 0 Å². The fraction of sp³-hybridized carbons (Fsp3) is 0.929. The summed E-state index contributed by atoms with van der Waals surface area (Å²) in [6.07, 6.45) is 18.9. The van der Waals surface area contributed by atoms with E-state index < -0.39 is 45.1 Å². The molecule has 39 heavy (non-hydrogen) atoms. The first-order chi connectivity index (χ1) is 18.7. The average Bonchev–Trinajstić information content (AvgIpc) is 2.90. The molecule has 4 N–H and O–H groups in total. The van der Waals surface area contributed by atoms with E-state index >= 15 is 0 Å². The molecular formula is C28H56NO9P. The minimum atomic E-state index is -4.58. The van der Waals surface area contributed by atoms with E-state index in [1.54, 1.807) is 0 Å². The van der Waals surface area contributed by atoms with Crippen molar-refractivity contribution in [3.8, 4) is 0 Å². The van der Waals surface area contributed by atoms with E-state index in [1.807, 2.05) is 0 Å². The van der Waals surface area contributed by atoms with Gasteiger partial charge in [0, 0.05) is 13.0 Å². The molecule has 0 spiro atoms. The maximum absolute atomic E-state index is 12.4. The van der Waals surface area contributed by atoms with E-state index in [4.69, 9.17) is 24.8 Å². The molecule has 0 radical (unpaired) electrons. The third-order valence-electron chi connectivity index (χ3n) is 6.39. The number of ether oxygens (including phenoxy) is 2. The van der Waals surface area contributed by atoms with Gasteiger partial charge in [0.05, 0.1) is 19.8 Å². The number of carbonyl (C=O) groups excluding carboxylic acids is 1. The molecule has 0 aromatic heterocycles. The maximum atomic E-state index is 12.4. The van der Waals surface area contributed by atoms with E-state index in [1.165, 1.54) is 70.6 Å². The van der Waals surface area contributed by atoms with Gasteiger partial charge in [-0.25, -0.2) is 4.57 Å². The predicted octanol–water partition coefficient (Wildman–Crippen LogP) is 6.52. The topological polar surface area (TPSA) is 155 Å². The van der Waals surface area contributed by atoms with Gasteiger partial charge in [-0.05, 0) is 12.8 Å². The van der Waals surface area contributed by atoms with E-state index in [2.05, 4.69) is 18.4 Å². The van der Waals surface area contributed by atoms with Gasteiger partial charge in [0.1, 0.15) is 12.1 Å². The van der Waals surface area contributed by atoms with Gasteiger partial charge >= 0.3 is 19.8 Å². The summed E-state index contributed by atoms with van der Waals surface area (Å²) in [5.41, 5.74) is 5.29. The Kier molecular flexibility index (Phi) is 25.2. The number of rotatable bonds is 29. The van der Waals surface area contributed by atoms with E-state index in [-0.39, 0.29) is 13.0 Å². The minimum absolute atomic E-state index is 0.0225. The number of unbranched alkanes of at least 4 members (excludes halogenated alkanes) is 15. The lowest BCUT2D eigenvalue weighted by Gasteiger charge is -2.20. The van der Waals surface area contributed by atoms with Gasteiger partial charge in [-0.1, -0.05) is 110 Å². The second-order valence-corrected chi connectivity index (χ2v) is 11.7. The summed E-state index contributed by atoms with van der Waals surface area (Å²) in [6.45, 7) is 3.80. The molecule has 0 aliphatic rings. The van der Waals surface area contributed by atoms with Gasteiger partial charge in [0.2, 0.25) is 0 Å². The average molecular weight is 582 g/mol. The highest BCUT2D eigenvalue weighted by atomic mass is 31.2. The number of carbonyl (C=O) groups is 2. The van der Waals surface area contributed by atoms with Gasteiger partial charge < -0.3 is 25.2 Å². The number of phosphoric ester groups is 1. The Morgan fingerprint density at radius 3 is 1.69 bits per heavy atom. The highest BCUT2D eigenvalue weighted by Gasteiger charge is 2.27. The zero-order valence-electron chi connectivity index (χ0n) is 24.5. The van der Waals surface area contributed by atoms with Crippen molar-refractivity contribution >= 4 is 19.8 Å². The second-order valence-electron chi connectivity index (χ2n) is 10.2. The molecule has 0 rings (SSSR count). The molecule has 0 saturated carbocycles. The molecule has 3 atom stereocenters. The molecule has 10 nitrogen and oxygen atoms in total. The molecule has 232 valence electrons. The molecule has 3 unspecified atom stereocenters. The Morgan fingerprint density at radius 1 is 0.718 bits per heavy atom. The first-order valence-electron chi connectivity index (χ1n) is 15.1. The molecule has 0 amide bonds. The largest absolute Gasteiger partial charge is 0.480 e. The summed E-state index contributed by atoms with van der Waals surface area (Å²) >= 11 is 0. The van der Waals surface area contributed by atoms with Crippen LogP contribution in [-0.2, 0) is 32.7 Å². The number of phosphoric acid groups is 1. The van der Waals surface area contributed by atoms with Crippen LogP contribution in [0.4, 0.5) is 0 Å². The quantitative estimate of drug-likeness (QED) is 0.0505. The SMILES string of the molecule is CCCCCCCCCCCC(=O)OC(COCCCCCCCCCC)COP(=O)(O)OCC(N)C(=O)O. The molecule has 0 fully saturated rings. The van der Waals surface area contributed by atoms with Crippen molar-refractivity contribution in [1.82, 2.24) is 0 Å². The lowest BCUT2D eigenvalue weighted by atomic mass is 10.1. The highest BCUT2D eigenvalue weighted by Crippen LogP contribution is 2.43. The summed E-state index contributed by atoms with van der Waals surface area (Å²) < 4.78 is 32.8. The standard InChI is InChI=1S/C28H56NO9P/c1-3-5-7-9-11-13-14-16-18-20-27(30)38-25(22-35-21-19-17-15-12-10-8-6-4-2)23-36-39(33,34)37-24-26(29)28(31)32/h25-26H,3-24,29H2,1-2H3,(H,31,32)(H,33,34). The van der Waals surface area contributed by atoms with Gasteiger partial charge in [-0.2, -0.15) is 0 Å². The summed E-state index contributed by atoms with van der Waals surface area (Å²) in [5, 5.41) is 8.79. The Hall–Kier alpha value is -1.03. The molecule has 0 aromatic rings. The Morgan fingerprint density at radius 2 is 1.18 bits per heavy atom. The summed E-state index contributed by atoms with van der Waals surface area (Å²) in [7, 11) is -4.58. The molecule has 0 aliphatic carbocycles. The molecule has 0 aliphatic heterocycles. The molecule has 11 heteroatoms. The van der Waals surface area contributed by atoms with Gasteiger partial charge in [-0.15, -0.1) is 0 Å². The van der Waals surface area contributed by atoms with Crippen molar-refractivity contribution in [1.29, 1.82) is 0 Å². The lowest BCUT2D eigenvalue weighted by molar-refractivity contribution is -0.154. The van der Waals surface area contributed by atoms with Crippen LogP contribution in [-0.4, -0.2) is 60.5 Å². The van der Waals surface area contributed by atoms with Crippen LogP contribution >= 0.6 is 7.82 Å². The van der Waals surface area contributed by atoms with Crippen LogP contribution < -0.4 is 5.73 Å². The van der Waals surface area contributed by atoms with E-state index in [0.717, 1.165) is 38.5 Å². The van der Waals surface area contributed by atoms with Crippen molar-refractivity contribution in [3.05, 3.63) is 0 Å². The summed E-state index contributed by atoms with van der Waals surface area (Å²) in [5.74, 6) is -1.78. The Balaban J connectivity index is 4.41. The number of esters is 1. The lowest BCUT2D eigenvalue weighted by Crippen LogP contribution is -2.34. The summed E-state index contributed by atoms with van der Waals surface area (Å²) in [4.78, 5) is 33.0. The van der Waals surface area contributed by atoms with Crippen LogP contribution in [0, 0.1) is 0 Å². The normalized spacial score (nSPS) is 14.6. The minimum Gasteiger partial charge on any atom is -0.480 e. The Bertz CT molecular complexity index is 651. The van der Waals surface area contributed by atoms with Gasteiger partial charge in [0.25, 0.3) is 0 Å². The maximum Gasteiger partial charge on any atom is 0.472 e. The number of carboxylic acids is 1. The molecule has 0 bridgehead atoms. The van der Waals surface area contributed by atoms with Gasteiger partial charge in [-0.3, -0.25) is 18.6 Å². The van der Waals surface area contributed by atoms with Crippen molar-refractivity contribution < 1.29 is 42.7 Å². The number of carboxylic acid groups (broad SMARTS) is 1. The third kappa shape index (κ3) is 25.7. The third-order valence-corrected chi connectivity index (χ3v) is 7.34. The monoisotopic (exact) mass is 581 g/mol. The number of nitrogens with two attached hydrogens (primary N) is 1. The number of hydrogen-bond donors (Lipinski definition) is 3. The molecule has 0 saturated heterocycles. The zero-order valence-corrected chi connectivity index (χ0v) is 25.4. The smallest absolute Gasteiger partial charge is 0.472 e. The number of aliphatic carboxylic acids is 1. The predicted molar refractivity (Wildman–Crippen MR) is 152 cm³/mol. The Labute approximate surface area is 236 Å². The van der Waals surface area contributed by atoms with Gasteiger partial charge in [0.15, 0.2) is 0 Å². The summed E-state index contributed by atoms with van der Waals surface area (Å²) in [6, 6.07) is -1.46. The molecular weight excluding hydrogens is 525 g/mol. The fourth-order valence-corrected chi connectivity index (χ4v) is 4.73. The van der Waals surface area contributed by atoms with Crippen LogP contribution in [0.1, 0.15) is 129 Å². The van der Waals surface area contributed by atoms with E-state index in [9.17, 15) is 19.0 Å². The highest BCUT2D eigenvalue weighted by molar-refractivity contribution is 7.47. The van der Waals surface area contributed by atoms with Crippen LogP contribution in [0.15, 0.2) is 0 Å². The van der Waals surface area contributed by atoms with Crippen molar-refractivity contribution in [3.63, 3.8) is 0 Å².